The van der Waals surface area contributed by atoms with Crippen LogP contribution in [0.15, 0.2) is 28.7 Å². The summed E-state index contributed by atoms with van der Waals surface area (Å²) < 4.78 is 22.8. The van der Waals surface area contributed by atoms with Crippen LogP contribution in [-0.2, 0) is 6.42 Å². The van der Waals surface area contributed by atoms with E-state index in [4.69, 9.17) is 18.9 Å². The monoisotopic (exact) mass is 408 g/mol. The highest BCUT2D eigenvalue weighted by atomic mass is 79.9. The van der Waals surface area contributed by atoms with Crippen molar-refractivity contribution >= 4 is 15.9 Å². The molecule has 134 valence electrons. The van der Waals surface area contributed by atoms with Crippen LogP contribution in [0, 0.1) is 0 Å². The SMILES string of the molecule is COc1cc(Br)c([C@@H]2[NH2+]CCc3cc(OC)c(OC)cc32)cc1OC. The number of halogens is 1. The second kappa shape index (κ2) is 7.54. The van der Waals surface area contributed by atoms with Crippen molar-refractivity contribution in [3.8, 4) is 23.0 Å². The Morgan fingerprint density at radius 3 is 1.92 bits per heavy atom. The molecule has 1 aliphatic rings. The standard InChI is InChI=1S/C19H22BrNO4/c1-22-15-7-11-5-6-21-19(12(11)8-16(15)23-2)13-9-17(24-3)18(25-4)10-14(13)20/h7-10,19,21H,5-6H2,1-4H3/p+1/t19-/m1/s1. The van der Waals surface area contributed by atoms with Gasteiger partial charge >= 0.3 is 0 Å². The summed E-state index contributed by atoms with van der Waals surface area (Å²) in [6.07, 6.45) is 0.997. The van der Waals surface area contributed by atoms with E-state index < -0.39 is 0 Å². The van der Waals surface area contributed by atoms with Crippen LogP contribution in [0.25, 0.3) is 0 Å². The summed E-state index contributed by atoms with van der Waals surface area (Å²) in [5.74, 6) is 2.95. The molecule has 0 aromatic heterocycles. The van der Waals surface area contributed by atoms with Gasteiger partial charge in [0.25, 0.3) is 0 Å². The van der Waals surface area contributed by atoms with Crippen molar-refractivity contribution in [2.45, 2.75) is 12.5 Å². The van der Waals surface area contributed by atoms with Gasteiger partial charge in [-0.15, -0.1) is 0 Å². The van der Waals surface area contributed by atoms with Gasteiger partial charge in [-0.1, -0.05) is 15.9 Å². The lowest BCUT2D eigenvalue weighted by Crippen LogP contribution is -2.87. The van der Waals surface area contributed by atoms with Crippen molar-refractivity contribution in [2.24, 2.45) is 0 Å². The molecule has 0 saturated heterocycles. The molecule has 1 heterocycles. The van der Waals surface area contributed by atoms with Crippen LogP contribution < -0.4 is 24.3 Å². The van der Waals surface area contributed by atoms with Crippen LogP contribution in [-0.4, -0.2) is 35.0 Å². The van der Waals surface area contributed by atoms with Gasteiger partial charge in [0.2, 0.25) is 0 Å². The molecule has 1 atom stereocenters. The van der Waals surface area contributed by atoms with Crippen LogP contribution in [0.4, 0.5) is 0 Å². The number of benzene rings is 2. The quantitative estimate of drug-likeness (QED) is 0.825. The van der Waals surface area contributed by atoms with Crippen molar-refractivity contribution in [1.82, 2.24) is 0 Å². The van der Waals surface area contributed by atoms with Crippen LogP contribution in [0.3, 0.4) is 0 Å². The lowest BCUT2D eigenvalue weighted by Gasteiger charge is -2.26. The Labute approximate surface area is 156 Å². The van der Waals surface area contributed by atoms with E-state index in [2.05, 4.69) is 33.4 Å². The molecular formula is C19H23BrNO4+. The zero-order chi connectivity index (χ0) is 18.0. The average Bonchev–Trinajstić information content (AvgIpc) is 2.66. The van der Waals surface area contributed by atoms with Gasteiger partial charge in [0.05, 0.1) is 35.0 Å². The van der Waals surface area contributed by atoms with E-state index in [1.165, 1.54) is 11.1 Å². The molecule has 6 heteroatoms. The maximum atomic E-state index is 5.50. The Bertz CT molecular complexity index is 779. The summed E-state index contributed by atoms with van der Waals surface area (Å²) in [5.41, 5.74) is 3.66. The number of rotatable bonds is 5. The maximum absolute atomic E-state index is 5.50. The first kappa shape index (κ1) is 17.9. The molecule has 2 aromatic rings. The Kier molecular flexibility index (Phi) is 5.39. The molecule has 25 heavy (non-hydrogen) atoms. The van der Waals surface area contributed by atoms with Crippen molar-refractivity contribution in [3.05, 3.63) is 45.4 Å². The predicted octanol–water partition coefficient (Wildman–Crippen LogP) is 2.69. The maximum Gasteiger partial charge on any atom is 0.161 e. The highest BCUT2D eigenvalue weighted by molar-refractivity contribution is 9.10. The van der Waals surface area contributed by atoms with Gasteiger partial charge in [0, 0.05) is 22.0 Å². The Morgan fingerprint density at radius 2 is 1.32 bits per heavy atom. The molecule has 0 amide bonds. The molecular weight excluding hydrogens is 386 g/mol. The van der Waals surface area contributed by atoms with E-state index in [1.807, 2.05) is 12.1 Å². The second-order valence-corrected chi connectivity index (χ2v) is 6.74. The summed E-state index contributed by atoms with van der Waals surface area (Å²) in [4.78, 5) is 0. The number of hydrogen-bond acceptors (Lipinski definition) is 4. The fraction of sp³-hybridized carbons (Fsp3) is 0.368. The van der Waals surface area contributed by atoms with Crippen LogP contribution >= 0.6 is 15.9 Å². The van der Waals surface area contributed by atoms with E-state index in [9.17, 15) is 0 Å². The predicted molar refractivity (Wildman–Crippen MR) is 99.1 cm³/mol. The number of nitrogens with two attached hydrogens (primary N) is 1. The molecule has 2 aromatic carbocycles. The minimum absolute atomic E-state index is 0.151. The lowest BCUT2D eigenvalue weighted by atomic mass is 9.89. The summed E-state index contributed by atoms with van der Waals surface area (Å²) in [6.45, 7) is 1.01. The normalized spacial score (nSPS) is 16.1. The van der Waals surface area contributed by atoms with Gasteiger partial charge in [-0.2, -0.15) is 0 Å². The fourth-order valence-corrected chi connectivity index (χ4v) is 3.95. The van der Waals surface area contributed by atoms with Gasteiger partial charge in [-0.25, -0.2) is 0 Å². The zero-order valence-corrected chi connectivity index (χ0v) is 16.5. The number of quaternary nitrogens is 1. The number of ether oxygens (including phenoxy) is 4. The van der Waals surface area contributed by atoms with Gasteiger partial charge < -0.3 is 24.3 Å². The summed E-state index contributed by atoms with van der Waals surface area (Å²) in [5, 5.41) is 2.33. The highest BCUT2D eigenvalue weighted by Crippen LogP contribution is 2.40. The van der Waals surface area contributed by atoms with Crippen LogP contribution in [0.2, 0.25) is 0 Å². The third kappa shape index (κ3) is 3.28. The molecule has 0 spiro atoms. The number of methoxy groups -OCH3 is 4. The Hall–Kier alpha value is -1.92. The molecule has 3 rings (SSSR count). The molecule has 0 bridgehead atoms. The van der Waals surface area contributed by atoms with Crippen molar-refractivity contribution < 1.29 is 24.3 Å². The topological polar surface area (TPSA) is 53.5 Å². The minimum Gasteiger partial charge on any atom is -0.493 e. The van der Waals surface area contributed by atoms with Crippen LogP contribution in [0.5, 0.6) is 23.0 Å². The van der Waals surface area contributed by atoms with Crippen molar-refractivity contribution in [1.29, 1.82) is 0 Å². The first-order valence-electron chi connectivity index (χ1n) is 8.12. The van der Waals surface area contributed by atoms with E-state index in [0.29, 0.717) is 5.75 Å². The van der Waals surface area contributed by atoms with E-state index >= 15 is 0 Å². The minimum atomic E-state index is 0.151. The van der Waals surface area contributed by atoms with Crippen LogP contribution in [0.1, 0.15) is 22.7 Å². The van der Waals surface area contributed by atoms with Crippen molar-refractivity contribution in [2.75, 3.05) is 35.0 Å². The molecule has 0 radical (unpaired) electrons. The first-order chi connectivity index (χ1) is 12.1. The van der Waals surface area contributed by atoms with Gasteiger partial charge in [0.1, 0.15) is 6.04 Å². The third-order valence-corrected chi connectivity index (χ3v) is 5.32. The average molecular weight is 409 g/mol. The Balaban J connectivity index is 2.12. The number of fused-ring (bicyclic) bond motifs is 1. The molecule has 0 aliphatic carbocycles. The van der Waals surface area contributed by atoms with Gasteiger partial charge in [-0.3, -0.25) is 0 Å². The fourth-order valence-electron chi connectivity index (χ4n) is 3.38. The van der Waals surface area contributed by atoms with Crippen molar-refractivity contribution in [3.63, 3.8) is 0 Å². The lowest BCUT2D eigenvalue weighted by molar-refractivity contribution is -0.690. The van der Waals surface area contributed by atoms with E-state index in [1.54, 1.807) is 28.4 Å². The van der Waals surface area contributed by atoms with Gasteiger partial charge in [-0.05, 0) is 29.8 Å². The van der Waals surface area contributed by atoms with Gasteiger partial charge in [0.15, 0.2) is 23.0 Å². The number of hydrogen-bond donors (Lipinski definition) is 1. The highest BCUT2D eigenvalue weighted by Gasteiger charge is 2.29. The smallest absolute Gasteiger partial charge is 0.161 e. The summed E-state index contributed by atoms with van der Waals surface area (Å²) >= 11 is 3.69. The molecule has 2 N–H and O–H groups in total. The Morgan fingerprint density at radius 1 is 0.800 bits per heavy atom. The largest absolute Gasteiger partial charge is 0.493 e. The van der Waals surface area contributed by atoms with E-state index in [-0.39, 0.29) is 6.04 Å². The summed E-state index contributed by atoms with van der Waals surface area (Å²) in [7, 11) is 6.63. The molecule has 0 unspecified atom stereocenters. The molecule has 0 fully saturated rings. The first-order valence-corrected chi connectivity index (χ1v) is 8.91. The zero-order valence-electron chi connectivity index (χ0n) is 14.9. The van der Waals surface area contributed by atoms with E-state index in [0.717, 1.165) is 40.3 Å². The molecule has 5 nitrogen and oxygen atoms in total. The molecule has 0 saturated carbocycles. The summed E-state index contributed by atoms with van der Waals surface area (Å²) in [6, 6.07) is 8.31. The molecule has 1 aliphatic heterocycles. The third-order valence-electron chi connectivity index (χ3n) is 4.63. The second-order valence-electron chi connectivity index (χ2n) is 5.89.